The largest absolute Gasteiger partial charge is 0.481 e. The predicted molar refractivity (Wildman–Crippen MR) is 35.7 cm³/mol. The summed E-state index contributed by atoms with van der Waals surface area (Å²) in [5.41, 5.74) is 0. The van der Waals surface area contributed by atoms with Gasteiger partial charge in [0, 0.05) is 12.1 Å². The van der Waals surface area contributed by atoms with Gasteiger partial charge >= 0.3 is 5.97 Å². The molecule has 0 aromatic rings. The third kappa shape index (κ3) is 0.814. The van der Waals surface area contributed by atoms with Gasteiger partial charge in [0.25, 0.3) is 0 Å². The van der Waals surface area contributed by atoms with E-state index in [-0.39, 0.29) is 5.92 Å². The van der Waals surface area contributed by atoms with Crippen LogP contribution in [-0.4, -0.2) is 23.2 Å². The maximum Gasteiger partial charge on any atom is 0.306 e. The summed E-state index contributed by atoms with van der Waals surface area (Å²) in [6.45, 7) is 0. The summed E-state index contributed by atoms with van der Waals surface area (Å²) in [7, 11) is 0. The predicted octanol–water partition coefficient (Wildman–Crippen LogP) is 0.212. The quantitative estimate of drug-likeness (QED) is 0.549. The van der Waals surface area contributed by atoms with Crippen molar-refractivity contribution in [2.45, 2.75) is 31.3 Å². The summed E-state index contributed by atoms with van der Waals surface area (Å²) >= 11 is 0. The molecule has 0 amide bonds. The Hall–Kier alpha value is -0.570. The van der Waals surface area contributed by atoms with E-state index in [1.54, 1.807) is 0 Å². The Balaban J connectivity index is 1.97. The van der Waals surface area contributed by atoms with Gasteiger partial charge in [-0.15, -0.1) is 0 Å². The van der Waals surface area contributed by atoms with Crippen molar-refractivity contribution in [3.63, 3.8) is 0 Å². The van der Waals surface area contributed by atoms with Crippen molar-refractivity contribution in [1.29, 1.82) is 0 Å². The first kappa shape index (κ1) is 6.16. The van der Waals surface area contributed by atoms with Crippen molar-refractivity contribution in [2.24, 2.45) is 5.92 Å². The van der Waals surface area contributed by atoms with Gasteiger partial charge in [0.05, 0.1) is 5.92 Å². The Morgan fingerprint density at radius 2 is 1.80 bits per heavy atom. The van der Waals surface area contributed by atoms with Gasteiger partial charge < -0.3 is 10.4 Å². The molecule has 3 heteroatoms. The zero-order valence-electron chi connectivity index (χ0n) is 5.71. The fourth-order valence-electron chi connectivity index (χ4n) is 1.97. The first-order valence-electron chi connectivity index (χ1n) is 3.74. The maximum absolute atomic E-state index is 10.5. The minimum atomic E-state index is -0.615. The van der Waals surface area contributed by atoms with Crippen LogP contribution in [-0.2, 0) is 4.79 Å². The molecule has 0 spiro atoms. The van der Waals surface area contributed by atoms with Crippen LogP contribution < -0.4 is 5.32 Å². The monoisotopic (exact) mass is 141 g/mol. The van der Waals surface area contributed by atoms with Gasteiger partial charge in [-0.1, -0.05) is 0 Å². The average molecular weight is 141 g/mol. The summed E-state index contributed by atoms with van der Waals surface area (Å²) < 4.78 is 0. The van der Waals surface area contributed by atoms with Crippen LogP contribution in [0.3, 0.4) is 0 Å². The van der Waals surface area contributed by atoms with Gasteiger partial charge in [0.15, 0.2) is 0 Å². The van der Waals surface area contributed by atoms with E-state index < -0.39 is 5.97 Å². The lowest BCUT2D eigenvalue weighted by Crippen LogP contribution is -2.58. The Labute approximate surface area is 59.4 Å². The van der Waals surface area contributed by atoms with Gasteiger partial charge in [-0.3, -0.25) is 4.79 Å². The molecule has 0 aromatic carbocycles. The normalized spacial score (nSPS) is 44.2. The molecular weight excluding hydrogens is 130 g/mol. The highest BCUT2D eigenvalue weighted by Crippen LogP contribution is 2.32. The van der Waals surface area contributed by atoms with E-state index in [2.05, 4.69) is 5.32 Å². The second-order valence-corrected chi connectivity index (χ2v) is 3.30. The van der Waals surface area contributed by atoms with Crippen LogP contribution >= 0.6 is 0 Å². The molecule has 2 bridgehead atoms. The lowest BCUT2D eigenvalue weighted by Gasteiger charge is -2.45. The molecule has 1 saturated carbocycles. The van der Waals surface area contributed by atoms with E-state index in [1.165, 1.54) is 6.42 Å². The SMILES string of the molecule is O=C(O)C1CC2CC(C1)N2. The Morgan fingerprint density at radius 1 is 1.30 bits per heavy atom. The lowest BCUT2D eigenvalue weighted by molar-refractivity contribution is -0.144. The highest BCUT2D eigenvalue weighted by atomic mass is 16.4. The summed E-state index contributed by atoms with van der Waals surface area (Å²) in [6, 6.07) is 1.03. The molecule has 3 rings (SSSR count). The summed E-state index contributed by atoms with van der Waals surface area (Å²) in [5.74, 6) is -0.679. The Bertz CT molecular complexity index is 153. The van der Waals surface area contributed by atoms with Crippen molar-refractivity contribution in [2.75, 3.05) is 0 Å². The summed E-state index contributed by atoms with van der Waals surface area (Å²) in [6.07, 6.45) is 2.88. The smallest absolute Gasteiger partial charge is 0.306 e. The number of aliphatic carboxylic acids is 1. The number of carboxylic acid groups (broad SMARTS) is 1. The third-order valence-corrected chi connectivity index (χ3v) is 2.53. The second kappa shape index (κ2) is 1.95. The molecule has 2 unspecified atom stereocenters. The molecule has 0 aromatic heterocycles. The molecule has 2 atom stereocenters. The van der Waals surface area contributed by atoms with Crippen molar-refractivity contribution in [3.8, 4) is 0 Å². The number of hydrogen-bond donors (Lipinski definition) is 2. The average Bonchev–Trinajstić information content (AvgIpc) is 1.86. The third-order valence-electron chi connectivity index (χ3n) is 2.53. The van der Waals surface area contributed by atoms with Crippen LogP contribution in [0.25, 0.3) is 0 Å². The van der Waals surface area contributed by atoms with Crippen LogP contribution in [0.2, 0.25) is 0 Å². The molecule has 3 aliphatic rings. The van der Waals surface area contributed by atoms with Crippen LogP contribution in [0, 0.1) is 5.92 Å². The maximum atomic E-state index is 10.5. The minimum absolute atomic E-state index is 0.0648. The molecule has 2 saturated heterocycles. The van der Waals surface area contributed by atoms with E-state index in [1.807, 2.05) is 0 Å². The first-order valence-corrected chi connectivity index (χ1v) is 3.74. The molecule has 56 valence electrons. The minimum Gasteiger partial charge on any atom is -0.481 e. The van der Waals surface area contributed by atoms with Crippen molar-refractivity contribution in [3.05, 3.63) is 0 Å². The number of carboxylic acids is 1. The van der Waals surface area contributed by atoms with E-state index in [4.69, 9.17) is 5.11 Å². The van der Waals surface area contributed by atoms with Crippen LogP contribution in [0.5, 0.6) is 0 Å². The van der Waals surface area contributed by atoms with E-state index in [0.29, 0.717) is 12.1 Å². The standard InChI is InChI=1S/C7H11NO2/c9-7(10)4-1-5-3-6(2-4)8-5/h4-6,8H,1-3H2,(H,9,10). The molecule has 2 N–H and O–H groups in total. The Kier molecular flexibility index (Phi) is 1.20. The van der Waals surface area contributed by atoms with Crippen LogP contribution in [0.15, 0.2) is 0 Å². The second-order valence-electron chi connectivity index (χ2n) is 3.30. The van der Waals surface area contributed by atoms with Gasteiger partial charge in [0.1, 0.15) is 0 Å². The molecule has 2 heterocycles. The summed E-state index contributed by atoms with van der Waals surface area (Å²) in [4.78, 5) is 10.5. The van der Waals surface area contributed by atoms with Gasteiger partial charge in [0.2, 0.25) is 0 Å². The fourth-order valence-corrected chi connectivity index (χ4v) is 1.97. The molecule has 3 fully saturated rings. The van der Waals surface area contributed by atoms with Crippen molar-refractivity contribution in [1.82, 2.24) is 5.32 Å². The van der Waals surface area contributed by atoms with Gasteiger partial charge in [-0.25, -0.2) is 0 Å². The summed E-state index contributed by atoms with van der Waals surface area (Å²) in [5, 5.41) is 11.9. The van der Waals surface area contributed by atoms with Crippen molar-refractivity contribution >= 4 is 5.97 Å². The van der Waals surface area contributed by atoms with Gasteiger partial charge in [-0.05, 0) is 19.3 Å². The number of rotatable bonds is 1. The van der Waals surface area contributed by atoms with E-state index >= 15 is 0 Å². The van der Waals surface area contributed by atoms with E-state index in [0.717, 1.165) is 12.8 Å². The number of nitrogens with one attached hydrogen (secondary N) is 1. The highest BCUT2D eigenvalue weighted by Gasteiger charge is 2.40. The topological polar surface area (TPSA) is 49.3 Å². The molecule has 0 radical (unpaired) electrons. The number of piperidine rings is 1. The van der Waals surface area contributed by atoms with Gasteiger partial charge in [-0.2, -0.15) is 0 Å². The molecule has 2 aliphatic heterocycles. The zero-order chi connectivity index (χ0) is 7.14. The highest BCUT2D eigenvalue weighted by molar-refractivity contribution is 5.70. The first-order chi connectivity index (χ1) is 4.75. The number of fused-ring (bicyclic) bond motifs is 2. The Morgan fingerprint density at radius 3 is 2.10 bits per heavy atom. The lowest BCUT2D eigenvalue weighted by atomic mass is 9.76. The molecule has 3 nitrogen and oxygen atoms in total. The molecule has 1 aliphatic carbocycles. The van der Waals surface area contributed by atoms with Crippen molar-refractivity contribution < 1.29 is 9.90 Å². The van der Waals surface area contributed by atoms with Crippen LogP contribution in [0.1, 0.15) is 19.3 Å². The van der Waals surface area contributed by atoms with Crippen LogP contribution in [0.4, 0.5) is 0 Å². The zero-order valence-corrected chi connectivity index (χ0v) is 5.71. The number of hydrogen-bond acceptors (Lipinski definition) is 2. The van der Waals surface area contributed by atoms with E-state index in [9.17, 15) is 4.79 Å². The molecular formula is C7H11NO2. The molecule has 10 heavy (non-hydrogen) atoms. The number of carbonyl (C=O) groups is 1. The fraction of sp³-hybridized carbons (Fsp3) is 0.857.